The van der Waals surface area contributed by atoms with Gasteiger partial charge in [-0.15, -0.1) is 0 Å². The summed E-state index contributed by atoms with van der Waals surface area (Å²) in [4.78, 5) is 22.8. The molecule has 0 heterocycles. The molecule has 0 aliphatic carbocycles. The number of benzene rings is 2. The number of phenols is 1. The minimum absolute atomic E-state index is 0.150. The molecule has 114 valence electrons. The minimum Gasteiger partial charge on any atom is -0.508 e. The normalized spacial score (nSPS) is 11.5. The molecule has 0 aliphatic rings. The fourth-order valence-electron chi connectivity index (χ4n) is 1.94. The second-order valence-electron chi connectivity index (χ2n) is 4.82. The van der Waals surface area contributed by atoms with Gasteiger partial charge in [-0.05, 0) is 29.7 Å². The van der Waals surface area contributed by atoms with Gasteiger partial charge < -0.3 is 20.0 Å². The van der Waals surface area contributed by atoms with E-state index in [-0.39, 0.29) is 12.4 Å². The van der Waals surface area contributed by atoms with E-state index >= 15 is 0 Å². The molecule has 2 aromatic rings. The second kappa shape index (κ2) is 7.83. The molecule has 2 N–H and O–H groups in total. The highest BCUT2D eigenvalue weighted by molar-refractivity contribution is 5.73. The van der Waals surface area contributed by atoms with Crippen molar-refractivity contribution in [2.75, 3.05) is 0 Å². The van der Waals surface area contributed by atoms with Gasteiger partial charge in [0.25, 0.3) is 0 Å². The molecule has 0 aromatic heterocycles. The van der Waals surface area contributed by atoms with Crippen LogP contribution in [0.4, 0.5) is 4.79 Å². The summed E-state index contributed by atoms with van der Waals surface area (Å²) in [6.45, 7) is 0.150. The molecular weight excluding hydrogens is 282 g/mol. The molecule has 0 saturated carbocycles. The standard InChI is InChI=1S/C17H17NO4/c19-11-15(10-13-6-8-16(20)9-7-13)18-17(21)22-12-14-4-2-1-3-5-14/h1-9,11,15,20H,10,12H2,(H,18,21). The van der Waals surface area contributed by atoms with Gasteiger partial charge in [0.15, 0.2) is 0 Å². The van der Waals surface area contributed by atoms with Gasteiger partial charge in [-0.3, -0.25) is 0 Å². The van der Waals surface area contributed by atoms with E-state index in [2.05, 4.69) is 5.32 Å². The molecule has 0 fully saturated rings. The molecule has 0 bridgehead atoms. The minimum atomic E-state index is -0.673. The first kappa shape index (κ1) is 15.6. The summed E-state index contributed by atoms with van der Waals surface area (Å²) in [5, 5.41) is 11.7. The number of phenolic OH excluding ortho intramolecular Hbond substituents is 1. The lowest BCUT2D eigenvalue weighted by molar-refractivity contribution is -0.109. The van der Waals surface area contributed by atoms with E-state index in [4.69, 9.17) is 4.74 Å². The Morgan fingerprint density at radius 1 is 1.09 bits per heavy atom. The van der Waals surface area contributed by atoms with E-state index in [1.807, 2.05) is 30.3 Å². The zero-order chi connectivity index (χ0) is 15.8. The molecule has 2 rings (SSSR count). The molecular formula is C17H17NO4. The highest BCUT2D eigenvalue weighted by Crippen LogP contribution is 2.11. The molecule has 2 aromatic carbocycles. The summed E-state index contributed by atoms with van der Waals surface area (Å²) in [6.07, 6.45) is 0.362. The third kappa shape index (κ3) is 4.94. The van der Waals surface area contributed by atoms with Crippen molar-refractivity contribution in [3.05, 3.63) is 65.7 Å². The van der Waals surface area contributed by atoms with Crippen LogP contribution in [0.3, 0.4) is 0 Å². The molecule has 5 heteroatoms. The van der Waals surface area contributed by atoms with Crippen molar-refractivity contribution in [1.82, 2.24) is 5.32 Å². The first-order chi connectivity index (χ1) is 10.7. The van der Waals surface area contributed by atoms with E-state index in [0.717, 1.165) is 11.1 Å². The Kier molecular flexibility index (Phi) is 5.54. The molecule has 5 nitrogen and oxygen atoms in total. The van der Waals surface area contributed by atoms with E-state index < -0.39 is 12.1 Å². The van der Waals surface area contributed by atoms with Crippen LogP contribution in [-0.2, 0) is 22.6 Å². The van der Waals surface area contributed by atoms with Crippen molar-refractivity contribution in [2.24, 2.45) is 0 Å². The summed E-state index contributed by atoms with van der Waals surface area (Å²) in [5.74, 6) is 0.154. The van der Waals surface area contributed by atoms with Crippen LogP contribution in [-0.4, -0.2) is 23.5 Å². The van der Waals surface area contributed by atoms with Gasteiger partial charge in [0.2, 0.25) is 0 Å². The molecule has 22 heavy (non-hydrogen) atoms. The zero-order valence-corrected chi connectivity index (χ0v) is 11.9. The quantitative estimate of drug-likeness (QED) is 0.803. The maximum atomic E-state index is 11.7. The smallest absolute Gasteiger partial charge is 0.408 e. The predicted molar refractivity (Wildman–Crippen MR) is 81.4 cm³/mol. The van der Waals surface area contributed by atoms with Crippen molar-refractivity contribution in [1.29, 1.82) is 0 Å². The van der Waals surface area contributed by atoms with Gasteiger partial charge in [0.1, 0.15) is 18.6 Å². The number of amides is 1. The molecule has 0 saturated heterocycles. The first-order valence-corrected chi connectivity index (χ1v) is 6.88. The predicted octanol–water partition coefficient (Wildman–Crippen LogP) is 2.43. The van der Waals surface area contributed by atoms with Crippen LogP contribution in [0.1, 0.15) is 11.1 Å². The van der Waals surface area contributed by atoms with Crippen LogP contribution >= 0.6 is 0 Å². The van der Waals surface area contributed by atoms with Crippen molar-refractivity contribution in [3.63, 3.8) is 0 Å². The van der Waals surface area contributed by atoms with E-state index in [1.54, 1.807) is 12.1 Å². The Hall–Kier alpha value is -2.82. The highest BCUT2D eigenvalue weighted by Gasteiger charge is 2.13. The summed E-state index contributed by atoms with van der Waals surface area (Å²) < 4.78 is 5.07. The number of hydrogen-bond donors (Lipinski definition) is 2. The van der Waals surface area contributed by atoms with E-state index in [1.165, 1.54) is 12.1 Å². The van der Waals surface area contributed by atoms with E-state index in [0.29, 0.717) is 12.7 Å². The zero-order valence-electron chi connectivity index (χ0n) is 11.9. The van der Waals surface area contributed by atoms with Gasteiger partial charge in [0.05, 0.1) is 6.04 Å². The SMILES string of the molecule is O=CC(Cc1ccc(O)cc1)NC(=O)OCc1ccccc1. The number of nitrogens with one attached hydrogen (secondary N) is 1. The van der Waals surface area contributed by atoms with Crippen molar-refractivity contribution < 1.29 is 19.4 Å². The molecule has 1 unspecified atom stereocenters. The van der Waals surface area contributed by atoms with Gasteiger partial charge in [-0.1, -0.05) is 42.5 Å². The molecule has 0 radical (unpaired) electrons. The van der Waals surface area contributed by atoms with Gasteiger partial charge in [-0.25, -0.2) is 4.79 Å². The third-order valence-electron chi connectivity index (χ3n) is 3.07. The largest absolute Gasteiger partial charge is 0.508 e. The molecule has 0 aliphatic heterocycles. The summed E-state index contributed by atoms with van der Waals surface area (Å²) in [7, 11) is 0. The number of carbonyl (C=O) groups is 2. The number of ether oxygens (including phenoxy) is 1. The Labute approximate surface area is 128 Å². The third-order valence-corrected chi connectivity index (χ3v) is 3.07. The van der Waals surface area contributed by atoms with Crippen molar-refractivity contribution in [3.8, 4) is 5.75 Å². The average molecular weight is 299 g/mol. The number of aldehydes is 1. The monoisotopic (exact) mass is 299 g/mol. The van der Waals surface area contributed by atoms with Gasteiger partial charge >= 0.3 is 6.09 Å². The fraction of sp³-hybridized carbons (Fsp3) is 0.176. The Morgan fingerprint density at radius 3 is 2.41 bits per heavy atom. The van der Waals surface area contributed by atoms with Crippen LogP contribution in [0.25, 0.3) is 0 Å². The number of carbonyl (C=O) groups excluding carboxylic acids is 2. The molecule has 0 spiro atoms. The fourth-order valence-corrected chi connectivity index (χ4v) is 1.94. The second-order valence-corrected chi connectivity index (χ2v) is 4.82. The maximum Gasteiger partial charge on any atom is 0.408 e. The number of alkyl carbamates (subject to hydrolysis) is 1. The van der Waals surface area contributed by atoms with Crippen LogP contribution in [0, 0.1) is 0 Å². The van der Waals surface area contributed by atoms with Crippen molar-refractivity contribution in [2.45, 2.75) is 19.1 Å². The topological polar surface area (TPSA) is 75.6 Å². The molecule has 1 amide bonds. The highest BCUT2D eigenvalue weighted by atomic mass is 16.5. The first-order valence-electron chi connectivity index (χ1n) is 6.88. The van der Waals surface area contributed by atoms with E-state index in [9.17, 15) is 14.7 Å². The maximum absolute atomic E-state index is 11.7. The number of rotatable bonds is 6. The Morgan fingerprint density at radius 2 is 1.77 bits per heavy atom. The van der Waals surface area contributed by atoms with Gasteiger partial charge in [0, 0.05) is 0 Å². The van der Waals surface area contributed by atoms with Crippen LogP contribution in [0.2, 0.25) is 0 Å². The van der Waals surface area contributed by atoms with Crippen molar-refractivity contribution >= 4 is 12.4 Å². The lowest BCUT2D eigenvalue weighted by Gasteiger charge is -2.13. The lowest BCUT2D eigenvalue weighted by atomic mass is 10.1. The van der Waals surface area contributed by atoms with Crippen LogP contribution in [0.5, 0.6) is 5.75 Å². The van der Waals surface area contributed by atoms with Crippen LogP contribution < -0.4 is 5.32 Å². The Bertz CT molecular complexity index is 610. The molecule has 1 atom stereocenters. The lowest BCUT2D eigenvalue weighted by Crippen LogP contribution is -2.37. The number of hydrogen-bond acceptors (Lipinski definition) is 4. The van der Waals surface area contributed by atoms with Crippen LogP contribution in [0.15, 0.2) is 54.6 Å². The summed E-state index contributed by atoms with van der Waals surface area (Å²) in [6, 6.07) is 15.1. The van der Waals surface area contributed by atoms with Gasteiger partial charge in [-0.2, -0.15) is 0 Å². The summed E-state index contributed by atoms with van der Waals surface area (Å²) >= 11 is 0. The summed E-state index contributed by atoms with van der Waals surface area (Å²) in [5.41, 5.74) is 1.71. The number of aromatic hydroxyl groups is 1. The Balaban J connectivity index is 1.83. The average Bonchev–Trinajstić information content (AvgIpc) is 2.55.